The van der Waals surface area contributed by atoms with Crippen molar-refractivity contribution in [2.24, 2.45) is 11.8 Å². The summed E-state index contributed by atoms with van der Waals surface area (Å²) in [4.78, 5) is 38.4. The van der Waals surface area contributed by atoms with Gasteiger partial charge in [-0.15, -0.1) is 0 Å². The van der Waals surface area contributed by atoms with E-state index in [1.165, 1.54) is 6.07 Å². The summed E-state index contributed by atoms with van der Waals surface area (Å²) >= 11 is 11.9. The van der Waals surface area contributed by atoms with Crippen LogP contribution in [0.5, 0.6) is 5.75 Å². The molecule has 1 fully saturated rings. The first-order valence-electron chi connectivity index (χ1n) is 10.3. The fourth-order valence-electron chi connectivity index (χ4n) is 3.23. The number of anilines is 2. The van der Waals surface area contributed by atoms with Gasteiger partial charge in [0.2, 0.25) is 11.8 Å². The number of halogens is 2. The highest BCUT2D eigenvalue weighted by molar-refractivity contribution is 6.36. The second kappa shape index (κ2) is 10.7. The molecule has 0 spiro atoms. The Hall–Kier alpha value is -2.77. The van der Waals surface area contributed by atoms with Crippen molar-refractivity contribution < 1.29 is 19.1 Å². The van der Waals surface area contributed by atoms with Crippen LogP contribution in [-0.2, 0) is 14.4 Å². The minimum atomic E-state index is -0.372. The van der Waals surface area contributed by atoms with Crippen LogP contribution >= 0.6 is 23.2 Å². The third kappa shape index (κ3) is 6.37. The van der Waals surface area contributed by atoms with Crippen molar-refractivity contribution in [3.63, 3.8) is 0 Å². The SMILES string of the molecule is CC(C)CNC(=O)C1CC(=O)N(c2ccc(OCC(=O)Nc3ccc(Cl)cc3Cl)cc2)C1. The Balaban J connectivity index is 1.52. The van der Waals surface area contributed by atoms with Gasteiger partial charge in [0, 0.05) is 30.2 Å². The van der Waals surface area contributed by atoms with E-state index in [2.05, 4.69) is 10.6 Å². The smallest absolute Gasteiger partial charge is 0.262 e. The zero-order valence-corrected chi connectivity index (χ0v) is 19.4. The lowest BCUT2D eigenvalue weighted by atomic mass is 10.1. The molecular weight excluding hydrogens is 453 g/mol. The number of amides is 3. The van der Waals surface area contributed by atoms with Crippen LogP contribution in [0.3, 0.4) is 0 Å². The van der Waals surface area contributed by atoms with Gasteiger partial charge in [0.25, 0.3) is 5.91 Å². The third-order valence-corrected chi connectivity index (χ3v) is 5.45. The number of carbonyl (C=O) groups is 3. The molecule has 1 unspecified atom stereocenters. The molecule has 2 N–H and O–H groups in total. The molecule has 2 aromatic carbocycles. The minimum absolute atomic E-state index is 0.0948. The Morgan fingerprint density at radius 1 is 1.16 bits per heavy atom. The van der Waals surface area contributed by atoms with Crippen molar-refractivity contribution in [3.8, 4) is 5.75 Å². The number of hydrogen-bond acceptors (Lipinski definition) is 4. The molecular formula is C23H25Cl2N3O4. The summed E-state index contributed by atoms with van der Waals surface area (Å²) in [7, 11) is 0. The lowest BCUT2D eigenvalue weighted by Gasteiger charge is -2.17. The molecule has 1 heterocycles. The van der Waals surface area contributed by atoms with Crippen LogP contribution in [0.25, 0.3) is 0 Å². The molecule has 1 aliphatic heterocycles. The second-order valence-electron chi connectivity index (χ2n) is 8.00. The predicted molar refractivity (Wildman–Crippen MR) is 125 cm³/mol. The maximum Gasteiger partial charge on any atom is 0.262 e. The van der Waals surface area contributed by atoms with Gasteiger partial charge in [-0.1, -0.05) is 37.0 Å². The third-order valence-electron chi connectivity index (χ3n) is 4.90. The summed E-state index contributed by atoms with van der Waals surface area (Å²) < 4.78 is 5.51. The largest absolute Gasteiger partial charge is 0.484 e. The second-order valence-corrected chi connectivity index (χ2v) is 8.84. The maximum absolute atomic E-state index is 12.4. The van der Waals surface area contributed by atoms with E-state index in [0.717, 1.165) is 0 Å². The summed E-state index contributed by atoms with van der Waals surface area (Å²) in [6.07, 6.45) is 0.190. The first-order chi connectivity index (χ1) is 15.2. The molecule has 170 valence electrons. The first kappa shape index (κ1) is 23.9. The van der Waals surface area contributed by atoms with Crippen molar-refractivity contribution in [3.05, 3.63) is 52.5 Å². The molecule has 1 saturated heterocycles. The normalized spacial score (nSPS) is 15.7. The molecule has 1 aliphatic rings. The highest BCUT2D eigenvalue weighted by Crippen LogP contribution is 2.28. The van der Waals surface area contributed by atoms with Crippen LogP contribution in [0, 0.1) is 11.8 Å². The summed E-state index contributed by atoms with van der Waals surface area (Å²) in [6, 6.07) is 11.6. The Bertz CT molecular complexity index is 995. The highest BCUT2D eigenvalue weighted by Gasteiger charge is 2.35. The monoisotopic (exact) mass is 477 g/mol. The zero-order valence-electron chi connectivity index (χ0n) is 17.9. The summed E-state index contributed by atoms with van der Waals surface area (Å²) in [6.45, 7) is 4.76. The van der Waals surface area contributed by atoms with Crippen LogP contribution in [0.1, 0.15) is 20.3 Å². The molecule has 7 nitrogen and oxygen atoms in total. The Morgan fingerprint density at radius 3 is 2.53 bits per heavy atom. The number of nitrogens with zero attached hydrogens (tertiary/aromatic N) is 1. The molecule has 32 heavy (non-hydrogen) atoms. The van der Waals surface area contributed by atoms with Gasteiger partial charge in [-0.05, 0) is 48.4 Å². The van der Waals surface area contributed by atoms with Crippen molar-refractivity contribution >= 4 is 52.3 Å². The average molecular weight is 478 g/mol. The van der Waals surface area contributed by atoms with Gasteiger partial charge >= 0.3 is 0 Å². The molecule has 2 aromatic rings. The Labute approximate surface area is 197 Å². The number of ether oxygens (including phenoxy) is 1. The van der Waals surface area contributed by atoms with Crippen LogP contribution in [0.4, 0.5) is 11.4 Å². The van der Waals surface area contributed by atoms with Crippen molar-refractivity contribution in [2.45, 2.75) is 20.3 Å². The van der Waals surface area contributed by atoms with E-state index in [1.807, 2.05) is 13.8 Å². The molecule has 9 heteroatoms. The average Bonchev–Trinajstić information content (AvgIpc) is 3.14. The van der Waals surface area contributed by atoms with Crippen LogP contribution in [0.2, 0.25) is 10.0 Å². The topological polar surface area (TPSA) is 87.7 Å². The van der Waals surface area contributed by atoms with Crippen LogP contribution < -0.4 is 20.3 Å². The minimum Gasteiger partial charge on any atom is -0.484 e. The maximum atomic E-state index is 12.4. The van der Waals surface area contributed by atoms with Gasteiger partial charge in [0.1, 0.15) is 5.75 Å². The van der Waals surface area contributed by atoms with Crippen LogP contribution in [0.15, 0.2) is 42.5 Å². The standard InChI is InChI=1S/C23H25Cl2N3O4/c1-14(2)11-26-23(31)15-9-22(30)28(12-15)17-4-6-18(7-5-17)32-13-21(29)27-20-8-3-16(24)10-19(20)25/h3-8,10,14-15H,9,11-13H2,1-2H3,(H,26,31)(H,27,29). The number of rotatable bonds is 8. The quantitative estimate of drug-likeness (QED) is 0.597. The fraction of sp³-hybridized carbons (Fsp3) is 0.348. The Kier molecular flexibility index (Phi) is 7.99. The number of benzene rings is 2. The molecule has 0 radical (unpaired) electrons. The van der Waals surface area contributed by atoms with Crippen molar-refractivity contribution in [1.82, 2.24) is 5.32 Å². The molecule has 1 atom stereocenters. The first-order valence-corrected chi connectivity index (χ1v) is 11.0. The van der Waals surface area contributed by atoms with Gasteiger partial charge in [0.15, 0.2) is 6.61 Å². The molecule has 0 saturated carbocycles. The molecule has 0 aliphatic carbocycles. The van der Waals surface area contributed by atoms with Gasteiger partial charge in [-0.3, -0.25) is 14.4 Å². The summed E-state index contributed by atoms with van der Waals surface area (Å²) in [5.74, 6) is -0.0957. The van der Waals surface area contributed by atoms with E-state index in [0.29, 0.717) is 46.2 Å². The Morgan fingerprint density at radius 2 is 1.88 bits per heavy atom. The molecule has 3 amide bonds. The number of carbonyl (C=O) groups excluding carboxylic acids is 3. The highest BCUT2D eigenvalue weighted by atomic mass is 35.5. The van der Waals surface area contributed by atoms with Crippen LogP contribution in [-0.4, -0.2) is 37.4 Å². The zero-order chi connectivity index (χ0) is 23.3. The van der Waals surface area contributed by atoms with Crippen molar-refractivity contribution in [2.75, 3.05) is 29.9 Å². The number of hydrogen-bond donors (Lipinski definition) is 2. The predicted octanol–water partition coefficient (Wildman–Crippen LogP) is 4.14. The summed E-state index contributed by atoms with van der Waals surface area (Å²) in [5, 5.41) is 6.35. The van der Waals surface area contributed by atoms with E-state index >= 15 is 0 Å². The van der Waals surface area contributed by atoms with E-state index in [4.69, 9.17) is 27.9 Å². The summed E-state index contributed by atoms with van der Waals surface area (Å²) in [5.41, 5.74) is 1.12. The number of nitrogens with one attached hydrogen (secondary N) is 2. The lowest BCUT2D eigenvalue weighted by molar-refractivity contribution is -0.126. The van der Waals surface area contributed by atoms with E-state index in [-0.39, 0.29) is 36.7 Å². The molecule has 3 rings (SSSR count). The van der Waals surface area contributed by atoms with Gasteiger partial charge in [-0.25, -0.2) is 0 Å². The molecule has 0 aromatic heterocycles. The van der Waals surface area contributed by atoms with E-state index in [1.54, 1.807) is 41.3 Å². The van der Waals surface area contributed by atoms with Crippen molar-refractivity contribution in [1.29, 1.82) is 0 Å². The van der Waals surface area contributed by atoms with E-state index in [9.17, 15) is 14.4 Å². The lowest BCUT2D eigenvalue weighted by Crippen LogP contribution is -2.35. The van der Waals surface area contributed by atoms with Gasteiger partial charge in [-0.2, -0.15) is 0 Å². The fourth-order valence-corrected chi connectivity index (χ4v) is 3.69. The van der Waals surface area contributed by atoms with Gasteiger partial charge in [0.05, 0.1) is 16.6 Å². The molecule has 0 bridgehead atoms. The van der Waals surface area contributed by atoms with E-state index < -0.39 is 0 Å². The van der Waals surface area contributed by atoms with Gasteiger partial charge < -0.3 is 20.3 Å².